The number of hydrogen-bond acceptors (Lipinski definition) is 4. The number of nitrogens with zero attached hydrogens (tertiary/aromatic N) is 1. The van der Waals surface area contributed by atoms with E-state index < -0.39 is 0 Å². The maximum absolute atomic E-state index is 5.57. The molecule has 0 aliphatic rings. The van der Waals surface area contributed by atoms with Crippen molar-refractivity contribution in [2.75, 3.05) is 19.0 Å². The van der Waals surface area contributed by atoms with Crippen molar-refractivity contribution >= 4 is 16.6 Å². The second-order valence-corrected chi connectivity index (χ2v) is 5.18. The molecule has 0 aliphatic carbocycles. The molecule has 4 nitrogen and oxygen atoms in total. The summed E-state index contributed by atoms with van der Waals surface area (Å²) < 4.78 is 5.39. The third kappa shape index (κ3) is 3.20. The largest absolute Gasteiger partial charge is 0.497 e. The van der Waals surface area contributed by atoms with Gasteiger partial charge < -0.3 is 15.8 Å². The fourth-order valence-corrected chi connectivity index (χ4v) is 2.35. The van der Waals surface area contributed by atoms with E-state index in [-0.39, 0.29) is 0 Å². The Kier molecular flexibility index (Phi) is 4.79. The minimum absolute atomic E-state index is 0.358. The lowest BCUT2D eigenvalue weighted by Gasteiger charge is -2.17. The van der Waals surface area contributed by atoms with Crippen molar-refractivity contribution in [1.29, 1.82) is 0 Å². The molecule has 0 spiro atoms. The average molecular weight is 273 g/mol. The molecule has 2 rings (SSSR count). The topological polar surface area (TPSA) is 60.2 Å². The van der Waals surface area contributed by atoms with Gasteiger partial charge in [-0.3, -0.25) is 4.98 Å². The third-order valence-corrected chi connectivity index (χ3v) is 3.52. The molecule has 3 N–H and O–H groups in total. The van der Waals surface area contributed by atoms with Crippen molar-refractivity contribution in [3.05, 3.63) is 30.0 Å². The first-order valence-electron chi connectivity index (χ1n) is 7.05. The van der Waals surface area contributed by atoms with E-state index in [0.717, 1.165) is 41.7 Å². The highest BCUT2D eigenvalue weighted by atomic mass is 16.5. The van der Waals surface area contributed by atoms with Gasteiger partial charge in [0.1, 0.15) is 5.75 Å². The van der Waals surface area contributed by atoms with Crippen LogP contribution in [0.25, 0.3) is 10.9 Å². The summed E-state index contributed by atoms with van der Waals surface area (Å²) in [6, 6.07) is 6.42. The van der Waals surface area contributed by atoms with Crippen molar-refractivity contribution < 1.29 is 4.74 Å². The van der Waals surface area contributed by atoms with Gasteiger partial charge in [-0.1, -0.05) is 0 Å². The Bertz CT molecular complexity index is 583. The molecule has 0 radical (unpaired) electrons. The Balaban J connectivity index is 2.38. The van der Waals surface area contributed by atoms with E-state index in [0.29, 0.717) is 6.04 Å². The van der Waals surface area contributed by atoms with Gasteiger partial charge in [0, 0.05) is 23.7 Å². The van der Waals surface area contributed by atoms with Gasteiger partial charge in [-0.05, 0) is 50.9 Å². The summed E-state index contributed by atoms with van der Waals surface area (Å²) in [6.45, 7) is 4.98. The summed E-state index contributed by atoms with van der Waals surface area (Å²) in [5.74, 6) is 0.849. The molecule has 0 fully saturated rings. The predicted octanol–water partition coefficient (Wildman–Crippen LogP) is 3.09. The third-order valence-electron chi connectivity index (χ3n) is 3.52. The lowest BCUT2D eigenvalue weighted by atomic mass is 10.1. The number of aromatic nitrogens is 1. The Morgan fingerprint density at radius 1 is 1.40 bits per heavy atom. The van der Waals surface area contributed by atoms with Gasteiger partial charge in [0.25, 0.3) is 0 Å². The average Bonchev–Trinajstić information content (AvgIpc) is 2.45. The van der Waals surface area contributed by atoms with Crippen LogP contribution >= 0.6 is 0 Å². The van der Waals surface area contributed by atoms with E-state index in [1.807, 2.05) is 24.4 Å². The highest BCUT2D eigenvalue weighted by Gasteiger charge is 2.10. The minimum atomic E-state index is 0.358. The molecular weight excluding hydrogens is 250 g/mol. The highest BCUT2D eigenvalue weighted by molar-refractivity contribution is 5.94. The molecule has 4 heteroatoms. The Hall–Kier alpha value is -1.81. The van der Waals surface area contributed by atoms with Crippen LogP contribution in [0.3, 0.4) is 0 Å². The zero-order chi connectivity index (χ0) is 14.5. The van der Waals surface area contributed by atoms with Gasteiger partial charge in [0.15, 0.2) is 0 Å². The Morgan fingerprint density at radius 2 is 2.20 bits per heavy atom. The van der Waals surface area contributed by atoms with Crippen molar-refractivity contribution in [2.45, 2.75) is 32.7 Å². The molecule has 108 valence electrons. The molecule has 1 atom stereocenters. The number of anilines is 1. The molecule has 0 bridgehead atoms. The van der Waals surface area contributed by atoms with Crippen molar-refractivity contribution in [1.82, 2.24) is 4.98 Å². The zero-order valence-corrected chi connectivity index (χ0v) is 12.4. The van der Waals surface area contributed by atoms with E-state index in [1.165, 1.54) is 5.56 Å². The number of nitrogens with two attached hydrogens (primary N) is 1. The van der Waals surface area contributed by atoms with Gasteiger partial charge in [-0.25, -0.2) is 0 Å². The number of pyridine rings is 1. The van der Waals surface area contributed by atoms with Crippen LogP contribution in [0.4, 0.5) is 5.69 Å². The van der Waals surface area contributed by atoms with E-state index in [4.69, 9.17) is 10.5 Å². The first-order valence-corrected chi connectivity index (χ1v) is 7.05. The zero-order valence-electron chi connectivity index (χ0n) is 12.4. The number of benzene rings is 1. The Labute approximate surface area is 120 Å². The fourth-order valence-electron chi connectivity index (χ4n) is 2.35. The Morgan fingerprint density at radius 3 is 2.90 bits per heavy atom. The van der Waals surface area contributed by atoms with E-state index in [1.54, 1.807) is 7.11 Å². The molecule has 1 aromatic heterocycles. The molecule has 0 unspecified atom stereocenters. The molecule has 20 heavy (non-hydrogen) atoms. The number of nitrogens with one attached hydrogen (secondary N) is 1. The molecule has 0 amide bonds. The van der Waals surface area contributed by atoms with Crippen LogP contribution in [0.1, 0.15) is 25.3 Å². The van der Waals surface area contributed by atoms with Crippen molar-refractivity contribution in [3.63, 3.8) is 0 Å². The molecule has 0 aliphatic heterocycles. The molecule has 2 aromatic rings. The van der Waals surface area contributed by atoms with Crippen molar-refractivity contribution in [3.8, 4) is 5.75 Å². The van der Waals surface area contributed by atoms with E-state index in [9.17, 15) is 0 Å². The maximum Gasteiger partial charge on any atom is 0.121 e. The van der Waals surface area contributed by atoms with Crippen LogP contribution in [0, 0.1) is 6.92 Å². The number of ether oxygens (including phenoxy) is 1. The smallest absolute Gasteiger partial charge is 0.121 e. The number of rotatable bonds is 6. The van der Waals surface area contributed by atoms with Gasteiger partial charge in [0.05, 0.1) is 18.3 Å². The number of fused-ring (bicyclic) bond motifs is 1. The van der Waals surface area contributed by atoms with Crippen LogP contribution in [0.5, 0.6) is 5.75 Å². The van der Waals surface area contributed by atoms with Gasteiger partial charge >= 0.3 is 0 Å². The van der Waals surface area contributed by atoms with Gasteiger partial charge in [-0.2, -0.15) is 0 Å². The molecule has 1 aromatic carbocycles. The minimum Gasteiger partial charge on any atom is -0.497 e. The molecular formula is C16H23N3O. The van der Waals surface area contributed by atoms with Gasteiger partial charge in [0.2, 0.25) is 0 Å². The second-order valence-electron chi connectivity index (χ2n) is 5.18. The van der Waals surface area contributed by atoms with E-state index >= 15 is 0 Å². The summed E-state index contributed by atoms with van der Waals surface area (Å²) in [5.41, 5.74) is 8.78. The quantitative estimate of drug-likeness (QED) is 0.849. The standard InChI is InChI=1S/C16H23N3O/c1-11-6-8-18-16-14(11)9-13(20-3)10-15(16)19-12(2)5-4-7-17/h6,8-10,12,19H,4-5,7,17H2,1-3H3/t12-/m1/s1. The fraction of sp³-hybridized carbons (Fsp3) is 0.438. The normalized spacial score (nSPS) is 12.4. The van der Waals surface area contributed by atoms with Crippen LogP contribution in [-0.4, -0.2) is 24.7 Å². The summed E-state index contributed by atoms with van der Waals surface area (Å²) in [7, 11) is 1.69. The summed E-state index contributed by atoms with van der Waals surface area (Å²) >= 11 is 0. The molecule has 0 saturated carbocycles. The predicted molar refractivity (Wildman–Crippen MR) is 84.4 cm³/mol. The van der Waals surface area contributed by atoms with Gasteiger partial charge in [-0.15, -0.1) is 0 Å². The van der Waals surface area contributed by atoms with Crippen LogP contribution in [-0.2, 0) is 0 Å². The lowest BCUT2D eigenvalue weighted by Crippen LogP contribution is -2.17. The van der Waals surface area contributed by atoms with Crippen LogP contribution in [0.15, 0.2) is 24.4 Å². The molecule has 1 heterocycles. The lowest BCUT2D eigenvalue weighted by molar-refractivity contribution is 0.415. The second kappa shape index (κ2) is 6.57. The van der Waals surface area contributed by atoms with Crippen LogP contribution < -0.4 is 15.8 Å². The maximum atomic E-state index is 5.57. The monoisotopic (exact) mass is 273 g/mol. The van der Waals surface area contributed by atoms with Crippen LogP contribution in [0.2, 0.25) is 0 Å². The van der Waals surface area contributed by atoms with E-state index in [2.05, 4.69) is 24.1 Å². The number of aryl methyl sites for hydroxylation is 1. The summed E-state index contributed by atoms with van der Waals surface area (Å²) in [4.78, 5) is 4.51. The highest BCUT2D eigenvalue weighted by Crippen LogP contribution is 2.30. The SMILES string of the molecule is COc1cc(N[C@H](C)CCCN)c2nccc(C)c2c1. The summed E-state index contributed by atoms with van der Waals surface area (Å²) in [6.07, 6.45) is 3.91. The summed E-state index contributed by atoms with van der Waals surface area (Å²) in [5, 5.41) is 4.65. The molecule has 0 saturated heterocycles. The first-order chi connectivity index (χ1) is 9.65. The van der Waals surface area contributed by atoms with Crippen molar-refractivity contribution in [2.24, 2.45) is 5.73 Å². The number of methoxy groups -OCH3 is 1. The number of hydrogen-bond donors (Lipinski definition) is 2. The first kappa shape index (κ1) is 14.6.